The Morgan fingerprint density at radius 1 is 0.791 bits per heavy atom. The van der Waals surface area contributed by atoms with Crippen LogP contribution >= 0.6 is 0 Å². The van der Waals surface area contributed by atoms with Crippen molar-refractivity contribution in [2.24, 2.45) is 0 Å². The number of aliphatic hydroxyl groups is 2. The Bertz CT molecular complexity index is 1200. The van der Waals surface area contributed by atoms with Gasteiger partial charge in [-0.15, -0.1) is 0 Å². The summed E-state index contributed by atoms with van der Waals surface area (Å²) in [7, 11) is 0. The lowest BCUT2D eigenvalue weighted by Crippen LogP contribution is -2.59. The molecule has 4 aliphatic heterocycles. The molecule has 0 bridgehead atoms. The smallest absolute Gasteiger partial charge is 0.410 e. The predicted octanol–water partition coefficient (Wildman–Crippen LogP) is 3.54. The van der Waals surface area contributed by atoms with E-state index in [1.807, 2.05) is 25.7 Å². The fourth-order valence-electron chi connectivity index (χ4n) is 7.02. The summed E-state index contributed by atoms with van der Waals surface area (Å²) in [6, 6.07) is 18.7. The minimum absolute atomic E-state index is 0.0686. The number of piperazine rings is 2. The second-order valence-corrected chi connectivity index (χ2v) is 14.3. The first-order chi connectivity index (χ1) is 20.4. The van der Waals surface area contributed by atoms with Crippen molar-refractivity contribution in [1.82, 2.24) is 20.0 Å². The summed E-state index contributed by atoms with van der Waals surface area (Å²) in [5.74, 6) is 0. The number of hydrogen-bond donors (Lipinski definition) is 3. The van der Waals surface area contributed by atoms with Crippen molar-refractivity contribution in [2.75, 3.05) is 39.3 Å². The molecule has 8 heteroatoms. The number of benzene rings is 2. The van der Waals surface area contributed by atoms with Crippen molar-refractivity contribution in [2.45, 2.75) is 102 Å². The maximum atomic E-state index is 12.8. The Kier molecular flexibility index (Phi) is 10.1. The fraction of sp³-hybridized carbons (Fsp3) is 0.629. The van der Waals surface area contributed by atoms with E-state index in [9.17, 15) is 15.0 Å². The normalized spacial score (nSPS) is 29.4. The van der Waals surface area contributed by atoms with E-state index in [-0.39, 0.29) is 30.4 Å². The molecule has 2 aromatic rings. The number of carbonyl (C=O) groups excluding carboxylic acids is 1. The lowest BCUT2D eigenvalue weighted by molar-refractivity contribution is -0.00864. The number of ether oxygens (including phenoxy) is 1. The van der Waals surface area contributed by atoms with E-state index in [0.717, 1.165) is 51.9 Å². The average Bonchev–Trinajstić information content (AvgIpc) is 3.49. The molecule has 43 heavy (non-hydrogen) atoms. The van der Waals surface area contributed by atoms with Gasteiger partial charge >= 0.3 is 6.09 Å². The van der Waals surface area contributed by atoms with Gasteiger partial charge in [-0.3, -0.25) is 9.80 Å². The number of nitrogens with one attached hydrogen (secondary N) is 1. The third-order valence-electron chi connectivity index (χ3n) is 9.22. The molecular formula is C35H52N4O4. The molecule has 4 heterocycles. The Balaban J connectivity index is 0.000000180. The van der Waals surface area contributed by atoms with Crippen molar-refractivity contribution in [3.63, 3.8) is 0 Å². The molecule has 0 saturated carbocycles. The average molecular weight is 593 g/mol. The SMILES string of the molecule is Cc1ccc(C[C@H]2CN3C[C@H](O)C[C@H]3CN2)cc1.Cc1ccc(C[C@H]2CN3C[C@H](O)C[C@H]3CN2C(=O)OC(C)(C)C)cc1. The zero-order valence-electron chi connectivity index (χ0n) is 26.7. The summed E-state index contributed by atoms with van der Waals surface area (Å²) >= 11 is 0. The lowest BCUT2D eigenvalue weighted by atomic mass is 9.99. The highest BCUT2D eigenvalue weighted by Crippen LogP contribution is 2.28. The summed E-state index contributed by atoms with van der Waals surface area (Å²) in [4.78, 5) is 19.4. The highest BCUT2D eigenvalue weighted by atomic mass is 16.6. The zero-order chi connectivity index (χ0) is 30.7. The van der Waals surface area contributed by atoms with Gasteiger partial charge in [0, 0.05) is 57.4 Å². The molecule has 8 nitrogen and oxygen atoms in total. The summed E-state index contributed by atoms with van der Waals surface area (Å²) in [5, 5.41) is 23.3. The Morgan fingerprint density at radius 3 is 1.91 bits per heavy atom. The molecule has 0 radical (unpaired) electrons. The molecule has 236 valence electrons. The molecule has 0 aromatic heterocycles. The van der Waals surface area contributed by atoms with Crippen LogP contribution in [0.2, 0.25) is 0 Å². The molecule has 0 aliphatic carbocycles. The Labute approximate surface area is 258 Å². The number of aryl methyl sites for hydroxylation is 2. The van der Waals surface area contributed by atoms with Crippen LogP contribution in [0.15, 0.2) is 48.5 Å². The molecule has 6 rings (SSSR count). The van der Waals surface area contributed by atoms with E-state index in [0.29, 0.717) is 25.2 Å². The van der Waals surface area contributed by atoms with Gasteiger partial charge in [0.15, 0.2) is 0 Å². The molecule has 4 saturated heterocycles. The van der Waals surface area contributed by atoms with Gasteiger partial charge in [0.2, 0.25) is 0 Å². The van der Waals surface area contributed by atoms with Crippen LogP contribution in [0.1, 0.15) is 55.9 Å². The summed E-state index contributed by atoms with van der Waals surface area (Å²) in [5.41, 5.74) is 4.67. The topological polar surface area (TPSA) is 88.5 Å². The van der Waals surface area contributed by atoms with Gasteiger partial charge in [0.25, 0.3) is 0 Å². The third-order valence-corrected chi connectivity index (χ3v) is 9.22. The largest absolute Gasteiger partial charge is 0.444 e. The first-order valence-corrected chi connectivity index (χ1v) is 16.1. The number of carbonyl (C=O) groups is 1. The molecule has 2 aromatic carbocycles. The number of hydrogen-bond acceptors (Lipinski definition) is 7. The second kappa shape index (κ2) is 13.7. The molecule has 0 spiro atoms. The van der Waals surface area contributed by atoms with Crippen LogP contribution in [0.4, 0.5) is 4.79 Å². The number of aliphatic hydroxyl groups excluding tert-OH is 2. The molecule has 1 amide bonds. The van der Waals surface area contributed by atoms with E-state index >= 15 is 0 Å². The van der Waals surface area contributed by atoms with E-state index in [1.165, 1.54) is 22.3 Å². The van der Waals surface area contributed by atoms with Crippen molar-refractivity contribution < 1.29 is 19.7 Å². The van der Waals surface area contributed by atoms with Crippen LogP contribution < -0.4 is 5.32 Å². The van der Waals surface area contributed by atoms with Gasteiger partial charge < -0.3 is 25.2 Å². The molecular weight excluding hydrogens is 540 g/mol. The first kappa shape index (κ1) is 31.9. The van der Waals surface area contributed by atoms with E-state index < -0.39 is 5.60 Å². The van der Waals surface area contributed by atoms with Gasteiger partial charge in [-0.05, 0) is 71.4 Å². The minimum Gasteiger partial charge on any atom is -0.444 e. The third kappa shape index (κ3) is 8.79. The van der Waals surface area contributed by atoms with Crippen LogP contribution in [0.3, 0.4) is 0 Å². The van der Waals surface area contributed by atoms with Crippen LogP contribution in [-0.2, 0) is 17.6 Å². The fourth-order valence-corrected chi connectivity index (χ4v) is 7.02. The van der Waals surface area contributed by atoms with Crippen LogP contribution in [0, 0.1) is 13.8 Å². The molecule has 6 atom stereocenters. The van der Waals surface area contributed by atoms with Crippen molar-refractivity contribution in [3.05, 3.63) is 70.8 Å². The van der Waals surface area contributed by atoms with Gasteiger partial charge in [-0.1, -0.05) is 59.7 Å². The maximum Gasteiger partial charge on any atom is 0.410 e. The summed E-state index contributed by atoms with van der Waals surface area (Å²) < 4.78 is 5.65. The highest BCUT2D eigenvalue weighted by Gasteiger charge is 2.42. The molecule has 3 N–H and O–H groups in total. The van der Waals surface area contributed by atoms with Gasteiger partial charge in [0.05, 0.1) is 18.2 Å². The quantitative estimate of drug-likeness (QED) is 0.501. The molecule has 4 aliphatic rings. The van der Waals surface area contributed by atoms with E-state index in [1.54, 1.807) is 0 Å². The minimum atomic E-state index is -0.502. The standard InChI is InChI=1S/C20H30N2O3.C15H22N2O/c1-14-5-7-15(8-6-14)9-17-11-21-13-18(23)10-16(21)12-22(17)19(24)25-20(2,3)4;1-11-2-4-12(5-3-11)6-13-9-17-10-15(18)7-14(17)8-16-13/h5-8,16-18,23H,9-13H2,1-4H3;2-5,13-16,18H,6-10H2,1H3/t16-,17-,18+;13-,14-,15+/m00/s1. The number of amides is 1. The Hall–Kier alpha value is -2.49. The number of fused-ring (bicyclic) bond motifs is 2. The van der Waals surface area contributed by atoms with E-state index in [4.69, 9.17) is 4.74 Å². The van der Waals surface area contributed by atoms with E-state index in [2.05, 4.69) is 77.5 Å². The van der Waals surface area contributed by atoms with Gasteiger partial charge in [0.1, 0.15) is 5.60 Å². The first-order valence-electron chi connectivity index (χ1n) is 16.1. The maximum absolute atomic E-state index is 12.8. The second-order valence-electron chi connectivity index (χ2n) is 14.3. The van der Waals surface area contributed by atoms with Crippen molar-refractivity contribution in [1.29, 1.82) is 0 Å². The van der Waals surface area contributed by atoms with Crippen LogP contribution in [-0.4, -0.2) is 112 Å². The highest BCUT2D eigenvalue weighted by molar-refractivity contribution is 5.69. The van der Waals surface area contributed by atoms with Crippen LogP contribution in [0.25, 0.3) is 0 Å². The summed E-state index contributed by atoms with van der Waals surface area (Å²) in [6.45, 7) is 15.0. The number of rotatable bonds is 4. The molecule has 4 fully saturated rings. The zero-order valence-corrected chi connectivity index (χ0v) is 26.7. The number of nitrogens with zero attached hydrogens (tertiary/aromatic N) is 3. The summed E-state index contributed by atoms with van der Waals surface area (Å²) in [6.07, 6.45) is 2.91. The lowest BCUT2D eigenvalue weighted by Gasteiger charge is -2.43. The molecule has 0 unspecified atom stereocenters. The van der Waals surface area contributed by atoms with Gasteiger partial charge in [-0.25, -0.2) is 4.79 Å². The van der Waals surface area contributed by atoms with Crippen molar-refractivity contribution in [3.8, 4) is 0 Å². The van der Waals surface area contributed by atoms with Gasteiger partial charge in [-0.2, -0.15) is 0 Å². The predicted molar refractivity (Wildman–Crippen MR) is 170 cm³/mol. The monoisotopic (exact) mass is 592 g/mol. The van der Waals surface area contributed by atoms with Crippen LogP contribution in [0.5, 0.6) is 0 Å². The van der Waals surface area contributed by atoms with Crippen molar-refractivity contribution >= 4 is 6.09 Å². The Morgan fingerprint density at radius 2 is 1.33 bits per heavy atom.